The molecule has 0 bridgehead atoms. The van der Waals surface area contributed by atoms with Crippen LogP contribution in [0.5, 0.6) is 0 Å². The number of esters is 1. The minimum Gasteiger partial charge on any atom is -0.468 e. The molecule has 4 heteroatoms. The lowest BCUT2D eigenvalue weighted by Gasteiger charge is -2.24. The summed E-state index contributed by atoms with van der Waals surface area (Å²) in [6, 6.07) is 7.37. The van der Waals surface area contributed by atoms with E-state index in [0.717, 1.165) is 11.1 Å². The van der Waals surface area contributed by atoms with Crippen molar-refractivity contribution in [1.82, 2.24) is 5.32 Å². The molecule has 1 aliphatic heterocycles. The Labute approximate surface area is 93.8 Å². The Morgan fingerprint density at radius 2 is 2.38 bits per heavy atom. The van der Waals surface area contributed by atoms with Gasteiger partial charge in [-0.3, -0.25) is 4.79 Å². The van der Waals surface area contributed by atoms with Gasteiger partial charge in [0.1, 0.15) is 6.04 Å². The van der Waals surface area contributed by atoms with Gasteiger partial charge in [-0.05, 0) is 29.7 Å². The van der Waals surface area contributed by atoms with Crippen LogP contribution in [0, 0.1) is 11.3 Å². The third kappa shape index (κ3) is 1.90. The fourth-order valence-corrected chi connectivity index (χ4v) is 1.89. The molecule has 0 fully saturated rings. The van der Waals surface area contributed by atoms with Crippen LogP contribution in [0.4, 0.5) is 0 Å². The fourth-order valence-electron chi connectivity index (χ4n) is 1.89. The number of ether oxygens (including phenoxy) is 1. The number of benzene rings is 1. The van der Waals surface area contributed by atoms with Gasteiger partial charge in [-0.2, -0.15) is 5.26 Å². The van der Waals surface area contributed by atoms with Crippen molar-refractivity contribution in [3.8, 4) is 6.07 Å². The van der Waals surface area contributed by atoms with Crippen molar-refractivity contribution in [3.63, 3.8) is 0 Å². The molecule has 82 valence electrons. The number of rotatable bonds is 1. The zero-order valence-corrected chi connectivity index (χ0v) is 8.99. The van der Waals surface area contributed by atoms with E-state index in [2.05, 4.69) is 11.4 Å². The van der Waals surface area contributed by atoms with Crippen LogP contribution in [0.1, 0.15) is 16.7 Å². The Morgan fingerprint density at radius 1 is 1.56 bits per heavy atom. The van der Waals surface area contributed by atoms with E-state index in [1.165, 1.54) is 7.11 Å². The second-order valence-electron chi connectivity index (χ2n) is 3.76. The number of carbonyl (C=O) groups is 1. The lowest BCUT2D eigenvalue weighted by Crippen LogP contribution is -2.42. The maximum absolute atomic E-state index is 11.4. The molecular weight excluding hydrogens is 204 g/mol. The summed E-state index contributed by atoms with van der Waals surface area (Å²) < 4.78 is 4.70. The second kappa shape index (κ2) is 4.33. The van der Waals surface area contributed by atoms with Gasteiger partial charge in [-0.15, -0.1) is 0 Å². The molecule has 0 aliphatic carbocycles. The van der Waals surface area contributed by atoms with Crippen LogP contribution >= 0.6 is 0 Å². The molecule has 1 N–H and O–H groups in total. The van der Waals surface area contributed by atoms with Gasteiger partial charge < -0.3 is 10.1 Å². The first kappa shape index (κ1) is 10.7. The summed E-state index contributed by atoms with van der Waals surface area (Å²) in [6.07, 6.45) is 0.619. The van der Waals surface area contributed by atoms with Gasteiger partial charge in [0.05, 0.1) is 18.7 Å². The lowest BCUT2D eigenvalue weighted by molar-refractivity contribution is -0.143. The predicted octanol–water partition coefficient (Wildman–Crippen LogP) is 0.746. The quantitative estimate of drug-likeness (QED) is 0.703. The Balaban J connectivity index is 2.23. The van der Waals surface area contributed by atoms with Crippen molar-refractivity contribution in [1.29, 1.82) is 5.26 Å². The SMILES string of the molecule is COC(=O)C1Cc2ccc(C#N)cc2CN1. The molecule has 4 nitrogen and oxygen atoms in total. The van der Waals surface area contributed by atoms with Crippen molar-refractivity contribution in [3.05, 3.63) is 34.9 Å². The number of hydrogen-bond acceptors (Lipinski definition) is 4. The van der Waals surface area contributed by atoms with Crippen molar-refractivity contribution >= 4 is 5.97 Å². The molecule has 0 spiro atoms. The van der Waals surface area contributed by atoms with Crippen molar-refractivity contribution < 1.29 is 9.53 Å². The molecule has 2 rings (SSSR count). The zero-order valence-electron chi connectivity index (χ0n) is 8.99. The zero-order chi connectivity index (χ0) is 11.5. The lowest BCUT2D eigenvalue weighted by atomic mass is 9.94. The largest absolute Gasteiger partial charge is 0.468 e. The van der Waals surface area contributed by atoms with E-state index in [1.807, 2.05) is 12.1 Å². The van der Waals surface area contributed by atoms with Gasteiger partial charge in [0, 0.05) is 6.54 Å². The predicted molar refractivity (Wildman–Crippen MR) is 57.5 cm³/mol. The summed E-state index contributed by atoms with van der Waals surface area (Å²) in [7, 11) is 1.39. The molecule has 0 saturated carbocycles. The Morgan fingerprint density at radius 3 is 3.06 bits per heavy atom. The average Bonchev–Trinajstić information content (AvgIpc) is 2.36. The van der Waals surface area contributed by atoms with Crippen LogP contribution < -0.4 is 5.32 Å². The molecule has 1 aromatic carbocycles. The average molecular weight is 216 g/mol. The van der Waals surface area contributed by atoms with Crippen LogP contribution in [0.3, 0.4) is 0 Å². The van der Waals surface area contributed by atoms with Crippen LogP contribution in [0.25, 0.3) is 0 Å². The molecule has 1 atom stereocenters. The normalized spacial score (nSPS) is 18.4. The number of carbonyl (C=O) groups excluding carboxylic acids is 1. The molecule has 1 unspecified atom stereocenters. The van der Waals surface area contributed by atoms with Crippen LogP contribution in [0.15, 0.2) is 18.2 Å². The van der Waals surface area contributed by atoms with Crippen molar-refractivity contribution in [2.75, 3.05) is 7.11 Å². The van der Waals surface area contributed by atoms with Crippen LogP contribution in [-0.2, 0) is 22.5 Å². The third-order valence-corrected chi connectivity index (χ3v) is 2.78. The summed E-state index contributed by atoms with van der Waals surface area (Å²) in [5, 5.41) is 11.9. The third-order valence-electron chi connectivity index (χ3n) is 2.78. The summed E-state index contributed by atoms with van der Waals surface area (Å²) in [4.78, 5) is 11.4. The van der Waals surface area contributed by atoms with Crippen molar-refractivity contribution in [2.24, 2.45) is 0 Å². The van der Waals surface area contributed by atoms with Gasteiger partial charge in [-0.1, -0.05) is 6.07 Å². The highest BCUT2D eigenvalue weighted by Crippen LogP contribution is 2.18. The number of fused-ring (bicyclic) bond motifs is 1. The van der Waals surface area contributed by atoms with E-state index in [4.69, 9.17) is 10.00 Å². The maximum Gasteiger partial charge on any atom is 0.323 e. The number of hydrogen-bond donors (Lipinski definition) is 1. The van der Waals surface area contributed by atoms with Gasteiger partial charge in [-0.25, -0.2) is 0 Å². The van der Waals surface area contributed by atoms with E-state index >= 15 is 0 Å². The summed E-state index contributed by atoms with van der Waals surface area (Å²) in [6.45, 7) is 0.602. The number of methoxy groups -OCH3 is 1. The van der Waals surface area contributed by atoms with E-state index < -0.39 is 0 Å². The monoisotopic (exact) mass is 216 g/mol. The van der Waals surface area contributed by atoms with Gasteiger partial charge in [0.15, 0.2) is 0 Å². The van der Waals surface area contributed by atoms with E-state index in [0.29, 0.717) is 18.5 Å². The number of nitrogens with one attached hydrogen (secondary N) is 1. The van der Waals surface area contributed by atoms with Gasteiger partial charge in [0.2, 0.25) is 0 Å². The molecule has 0 aromatic heterocycles. The Hall–Kier alpha value is -1.86. The highest BCUT2D eigenvalue weighted by molar-refractivity contribution is 5.76. The number of nitrogens with zero attached hydrogens (tertiary/aromatic N) is 1. The highest BCUT2D eigenvalue weighted by Gasteiger charge is 2.24. The van der Waals surface area contributed by atoms with E-state index in [9.17, 15) is 4.79 Å². The maximum atomic E-state index is 11.4. The molecular formula is C12H12N2O2. The molecule has 0 saturated heterocycles. The first-order valence-electron chi connectivity index (χ1n) is 5.07. The van der Waals surface area contributed by atoms with E-state index in [1.54, 1.807) is 6.07 Å². The van der Waals surface area contributed by atoms with Crippen LogP contribution in [0.2, 0.25) is 0 Å². The second-order valence-corrected chi connectivity index (χ2v) is 3.76. The molecule has 0 radical (unpaired) electrons. The van der Waals surface area contributed by atoms with Crippen LogP contribution in [-0.4, -0.2) is 19.1 Å². The minimum atomic E-state index is -0.273. The summed E-state index contributed by atoms with van der Waals surface area (Å²) >= 11 is 0. The Bertz CT molecular complexity index is 463. The number of nitriles is 1. The summed E-state index contributed by atoms with van der Waals surface area (Å²) in [5.41, 5.74) is 2.84. The smallest absolute Gasteiger partial charge is 0.323 e. The molecule has 0 amide bonds. The molecule has 1 aliphatic rings. The topological polar surface area (TPSA) is 62.1 Å². The van der Waals surface area contributed by atoms with E-state index in [-0.39, 0.29) is 12.0 Å². The standard InChI is InChI=1S/C12H12N2O2/c1-16-12(15)11-5-9-3-2-8(6-13)4-10(9)7-14-11/h2-4,11,14H,5,7H2,1H3. The Kier molecular flexibility index (Phi) is 2.88. The first-order valence-corrected chi connectivity index (χ1v) is 5.07. The molecule has 1 heterocycles. The molecule has 16 heavy (non-hydrogen) atoms. The van der Waals surface area contributed by atoms with Gasteiger partial charge in [0.25, 0.3) is 0 Å². The molecule has 1 aromatic rings. The highest BCUT2D eigenvalue weighted by atomic mass is 16.5. The minimum absolute atomic E-state index is 0.241. The fraction of sp³-hybridized carbons (Fsp3) is 0.333. The first-order chi connectivity index (χ1) is 7.74. The summed E-state index contributed by atoms with van der Waals surface area (Å²) in [5.74, 6) is -0.241. The van der Waals surface area contributed by atoms with Gasteiger partial charge >= 0.3 is 5.97 Å². The van der Waals surface area contributed by atoms with Crippen molar-refractivity contribution in [2.45, 2.75) is 19.0 Å².